The lowest BCUT2D eigenvalue weighted by molar-refractivity contribution is -0.145. The third-order valence-corrected chi connectivity index (χ3v) is 1.49. The average Bonchev–Trinajstić information content (AvgIpc) is 2.04. The molecule has 0 fully saturated rings. The third-order valence-electron chi connectivity index (χ3n) is 1.19. The number of halogens is 1. The molecule has 0 N–H and O–H groups in total. The maximum atomic E-state index is 10.9. The number of ether oxygens (including phenoxy) is 1. The van der Waals surface area contributed by atoms with Crippen LogP contribution in [0.25, 0.3) is 0 Å². The van der Waals surface area contributed by atoms with E-state index in [2.05, 4.69) is 4.74 Å². The predicted octanol–water partition coefficient (Wildman–Crippen LogP) is 0.707. The third kappa shape index (κ3) is 6.28. The zero-order chi connectivity index (χ0) is 10.3. The van der Waals surface area contributed by atoms with E-state index in [1.165, 1.54) is 0 Å². The second-order valence-corrected chi connectivity index (χ2v) is 2.64. The molecule has 0 aliphatic heterocycles. The van der Waals surface area contributed by atoms with Gasteiger partial charge in [0.05, 0.1) is 18.9 Å². The summed E-state index contributed by atoms with van der Waals surface area (Å²) in [7, 11) is 0. The molecular formula is C8H11ClO4. The predicted molar refractivity (Wildman–Crippen MR) is 46.6 cm³/mol. The smallest absolute Gasteiger partial charge is 0.313 e. The van der Waals surface area contributed by atoms with Gasteiger partial charge >= 0.3 is 5.97 Å². The fourth-order valence-electron chi connectivity index (χ4n) is 0.703. The molecule has 74 valence electrons. The van der Waals surface area contributed by atoms with Gasteiger partial charge in [-0.25, -0.2) is 0 Å². The minimum absolute atomic E-state index is 0.200. The summed E-state index contributed by atoms with van der Waals surface area (Å²) in [6, 6.07) is 0. The first-order chi connectivity index (χ1) is 6.10. The molecule has 0 radical (unpaired) electrons. The van der Waals surface area contributed by atoms with E-state index in [1.807, 2.05) is 0 Å². The molecule has 0 atom stereocenters. The standard InChI is InChI=1S/C8H11ClO4/c1-2-13-8(12)4-6(10)3-7(11)5-9/h2-5H2,1H3. The molecule has 0 rings (SSSR count). The molecule has 0 aromatic heterocycles. The zero-order valence-corrected chi connectivity index (χ0v) is 8.10. The van der Waals surface area contributed by atoms with E-state index >= 15 is 0 Å². The van der Waals surface area contributed by atoms with E-state index in [1.54, 1.807) is 6.92 Å². The number of ketones is 2. The Hall–Kier alpha value is -0.900. The van der Waals surface area contributed by atoms with Gasteiger partial charge in [0.25, 0.3) is 0 Å². The van der Waals surface area contributed by atoms with Crippen molar-refractivity contribution in [3.63, 3.8) is 0 Å². The van der Waals surface area contributed by atoms with Crippen molar-refractivity contribution in [2.24, 2.45) is 0 Å². The fraction of sp³-hybridized carbons (Fsp3) is 0.625. The lowest BCUT2D eigenvalue weighted by Crippen LogP contribution is -2.15. The minimum atomic E-state index is -0.602. The van der Waals surface area contributed by atoms with Crippen LogP contribution in [-0.4, -0.2) is 30.0 Å². The molecule has 0 bridgehead atoms. The van der Waals surface area contributed by atoms with E-state index in [-0.39, 0.29) is 31.1 Å². The molecule has 0 aliphatic rings. The second kappa shape index (κ2) is 6.60. The normalized spacial score (nSPS) is 9.38. The van der Waals surface area contributed by atoms with Crippen LogP contribution in [0.5, 0.6) is 0 Å². The monoisotopic (exact) mass is 206 g/mol. The molecule has 0 heterocycles. The van der Waals surface area contributed by atoms with Crippen LogP contribution in [0.1, 0.15) is 19.8 Å². The summed E-state index contributed by atoms with van der Waals surface area (Å²) in [5.41, 5.74) is 0. The van der Waals surface area contributed by atoms with Crippen LogP contribution in [0.3, 0.4) is 0 Å². The van der Waals surface area contributed by atoms with E-state index in [0.717, 1.165) is 0 Å². The Morgan fingerprint density at radius 1 is 1.15 bits per heavy atom. The molecule has 0 spiro atoms. The summed E-state index contributed by atoms with van der Waals surface area (Å²) in [4.78, 5) is 32.3. The number of hydrogen-bond acceptors (Lipinski definition) is 4. The molecule has 0 saturated heterocycles. The van der Waals surface area contributed by atoms with Crippen molar-refractivity contribution in [3.05, 3.63) is 0 Å². The molecule has 0 aliphatic carbocycles. The van der Waals surface area contributed by atoms with Gasteiger partial charge in [0, 0.05) is 0 Å². The number of carbonyl (C=O) groups is 3. The van der Waals surface area contributed by atoms with Gasteiger partial charge in [-0.2, -0.15) is 0 Å². The molecular weight excluding hydrogens is 196 g/mol. The average molecular weight is 207 g/mol. The van der Waals surface area contributed by atoms with E-state index in [4.69, 9.17) is 11.6 Å². The van der Waals surface area contributed by atoms with Gasteiger partial charge in [-0.05, 0) is 6.92 Å². The van der Waals surface area contributed by atoms with Gasteiger partial charge in [-0.15, -0.1) is 11.6 Å². The highest BCUT2D eigenvalue weighted by Crippen LogP contribution is 1.95. The van der Waals surface area contributed by atoms with Crippen molar-refractivity contribution in [2.45, 2.75) is 19.8 Å². The van der Waals surface area contributed by atoms with E-state index < -0.39 is 11.8 Å². The molecule has 0 unspecified atom stereocenters. The SMILES string of the molecule is CCOC(=O)CC(=O)CC(=O)CCl. The summed E-state index contributed by atoms with van der Waals surface area (Å²) >= 11 is 5.18. The van der Waals surface area contributed by atoms with Crippen molar-refractivity contribution in [3.8, 4) is 0 Å². The van der Waals surface area contributed by atoms with Gasteiger partial charge in [-0.1, -0.05) is 0 Å². The van der Waals surface area contributed by atoms with Crippen LogP contribution in [-0.2, 0) is 19.1 Å². The van der Waals surface area contributed by atoms with Crippen LogP contribution in [0.4, 0.5) is 0 Å². The summed E-state index contributed by atoms with van der Waals surface area (Å²) < 4.78 is 4.52. The number of alkyl halides is 1. The van der Waals surface area contributed by atoms with Crippen LogP contribution in [0.2, 0.25) is 0 Å². The molecule has 5 heteroatoms. The quantitative estimate of drug-likeness (QED) is 0.365. The van der Waals surface area contributed by atoms with Crippen molar-refractivity contribution in [2.75, 3.05) is 12.5 Å². The van der Waals surface area contributed by atoms with Gasteiger partial charge in [0.15, 0.2) is 11.6 Å². The molecule has 0 amide bonds. The minimum Gasteiger partial charge on any atom is -0.466 e. The zero-order valence-electron chi connectivity index (χ0n) is 7.34. The van der Waals surface area contributed by atoms with Gasteiger partial charge < -0.3 is 4.74 Å². The fourth-order valence-corrected chi connectivity index (χ4v) is 0.797. The maximum absolute atomic E-state index is 10.9. The Bertz CT molecular complexity index is 212. The van der Waals surface area contributed by atoms with Crippen molar-refractivity contribution < 1.29 is 19.1 Å². The summed E-state index contributed by atoms with van der Waals surface area (Å²) in [5.74, 6) is -1.64. The first-order valence-corrected chi connectivity index (χ1v) is 4.38. The number of Topliss-reactive ketones (excluding diaryl/α,β-unsaturated/α-hetero) is 2. The van der Waals surface area contributed by atoms with Gasteiger partial charge in [-0.3, -0.25) is 14.4 Å². The molecule has 0 saturated carbocycles. The number of rotatable bonds is 6. The molecule has 13 heavy (non-hydrogen) atoms. The van der Waals surface area contributed by atoms with Crippen LogP contribution >= 0.6 is 11.6 Å². The molecule has 0 aromatic carbocycles. The van der Waals surface area contributed by atoms with Crippen molar-refractivity contribution in [1.29, 1.82) is 0 Å². The van der Waals surface area contributed by atoms with E-state index in [0.29, 0.717) is 0 Å². The Kier molecular flexibility index (Phi) is 6.14. The van der Waals surface area contributed by atoms with Crippen LogP contribution in [0.15, 0.2) is 0 Å². The maximum Gasteiger partial charge on any atom is 0.313 e. The van der Waals surface area contributed by atoms with Crippen molar-refractivity contribution >= 4 is 29.1 Å². The summed E-state index contributed by atoms with van der Waals surface area (Å²) in [5, 5.41) is 0. The highest BCUT2D eigenvalue weighted by molar-refractivity contribution is 6.29. The lowest BCUT2D eigenvalue weighted by atomic mass is 10.2. The Labute approximate surface area is 81.2 Å². The Morgan fingerprint density at radius 2 is 1.77 bits per heavy atom. The Balaban J connectivity index is 3.74. The highest BCUT2D eigenvalue weighted by Gasteiger charge is 2.13. The van der Waals surface area contributed by atoms with E-state index in [9.17, 15) is 14.4 Å². The Morgan fingerprint density at radius 3 is 2.23 bits per heavy atom. The van der Waals surface area contributed by atoms with Crippen LogP contribution in [0, 0.1) is 0 Å². The van der Waals surface area contributed by atoms with Gasteiger partial charge in [0.2, 0.25) is 0 Å². The largest absolute Gasteiger partial charge is 0.466 e. The first kappa shape index (κ1) is 12.1. The number of esters is 1. The van der Waals surface area contributed by atoms with Gasteiger partial charge in [0.1, 0.15) is 6.42 Å². The molecule has 0 aromatic rings. The number of carbonyl (C=O) groups excluding carboxylic acids is 3. The summed E-state index contributed by atoms with van der Waals surface area (Å²) in [6.07, 6.45) is -0.640. The molecule has 4 nitrogen and oxygen atoms in total. The topological polar surface area (TPSA) is 60.4 Å². The lowest BCUT2D eigenvalue weighted by Gasteiger charge is -1.99. The van der Waals surface area contributed by atoms with Crippen LogP contribution < -0.4 is 0 Å². The number of hydrogen-bond donors (Lipinski definition) is 0. The summed E-state index contributed by atoms with van der Waals surface area (Å²) in [6.45, 7) is 1.88. The first-order valence-electron chi connectivity index (χ1n) is 3.85. The highest BCUT2D eigenvalue weighted by atomic mass is 35.5. The van der Waals surface area contributed by atoms with Crippen molar-refractivity contribution in [1.82, 2.24) is 0 Å². The second-order valence-electron chi connectivity index (χ2n) is 2.37.